The monoisotopic (exact) mass is 505 g/mol. The van der Waals surface area contributed by atoms with E-state index in [1.54, 1.807) is 55.5 Å². The van der Waals surface area contributed by atoms with Gasteiger partial charge in [-0.1, -0.05) is 29.0 Å². The summed E-state index contributed by atoms with van der Waals surface area (Å²) in [6, 6.07) is 10.2. The number of anilines is 1. The number of ether oxygens (including phenoxy) is 2. The van der Waals surface area contributed by atoms with Gasteiger partial charge in [-0.2, -0.15) is 0 Å². The zero-order chi connectivity index (χ0) is 24.9. The lowest BCUT2D eigenvalue weighted by Crippen LogP contribution is -2.34. The molecular formula is C24H31N3O5S2. The van der Waals surface area contributed by atoms with Crippen LogP contribution in [0.2, 0.25) is 0 Å². The first-order chi connectivity index (χ1) is 16.2. The van der Waals surface area contributed by atoms with Crippen LogP contribution < -0.4 is 14.4 Å². The van der Waals surface area contributed by atoms with Gasteiger partial charge < -0.3 is 14.4 Å². The second-order valence-electron chi connectivity index (χ2n) is 8.23. The van der Waals surface area contributed by atoms with E-state index in [-0.39, 0.29) is 23.0 Å². The summed E-state index contributed by atoms with van der Waals surface area (Å²) in [6.07, 6.45) is 0.579. The zero-order valence-electron chi connectivity index (χ0n) is 20.2. The molecule has 0 aliphatic rings. The molecule has 1 aromatic heterocycles. The van der Waals surface area contributed by atoms with Gasteiger partial charge in [0.15, 0.2) is 15.0 Å². The number of methoxy groups -OCH3 is 2. The maximum Gasteiger partial charge on any atom is 0.229 e. The number of carbonyl (C=O) groups is 1. The molecule has 1 amide bonds. The van der Waals surface area contributed by atoms with E-state index in [0.717, 1.165) is 16.8 Å². The number of carbonyl (C=O) groups excluding carboxylic acids is 1. The van der Waals surface area contributed by atoms with E-state index in [1.165, 1.54) is 11.3 Å². The molecule has 34 heavy (non-hydrogen) atoms. The van der Waals surface area contributed by atoms with Crippen molar-refractivity contribution in [2.45, 2.75) is 24.7 Å². The number of fused-ring (bicyclic) bond motifs is 1. The van der Waals surface area contributed by atoms with Crippen molar-refractivity contribution in [3.8, 4) is 11.5 Å². The van der Waals surface area contributed by atoms with Gasteiger partial charge in [0.2, 0.25) is 5.91 Å². The van der Waals surface area contributed by atoms with Gasteiger partial charge in [0.05, 0.1) is 24.9 Å². The number of thiazole rings is 1. The maximum absolute atomic E-state index is 13.3. The molecule has 10 heteroatoms. The van der Waals surface area contributed by atoms with Crippen molar-refractivity contribution < 1.29 is 22.7 Å². The summed E-state index contributed by atoms with van der Waals surface area (Å²) in [4.78, 5) is 21.8. The number of sulfone groups is 1. The predicted octanol–water partition coefficient (Wildman–Crippen LogP) is 3.77. The first-order valence-corrected chi connectivity index (χ1v) is 13.4. The molecule has 0 fully saturated rings. The molecule has 8 nitrogen and oxygen atoms in total. The van der Waals surface area contributed by atoms with Crippen molar-refractivity contribution >= 4 is 42.4 Å². The summed E-state index contributed by atoms with van der Waals surface area (Å²) in [5.74, 6) is 0.672. The lowest BCUT2D eigenvalue weighted by Gasteiger charge is -2.21. The lowest BCUT2D eigenvalue weighted by molar-refractivity contribution is -0.118. The van der Waals surface area contributed by atoms with Gasteiger partial charge in [-0.25, -0.2) is 13.4 Å². The fourth-order valence-electron chi connectivity index (χ4n) is 3.48. The van der Waals surface area contributed by atoms with Crippen LogP contribution in [0, 0.1) is 6.92 Å². The highest BCUT2D eigenvalue weighted by Crippen LogP contribution is 2.40. The molecular weight excluding hydrogens is 474 g/mol. The largest absolute Gasteiger partial charge is 0.495 e. The Balaban J connectivity index is 1.88. The van der Waals surface area contributed by atoms with Crippen LogP contribution in [0.15, 0.2) is 41.3 Å². The standard InChI is InChI=1S/C24H31N3O5S2/c1-17-7-9-18(10-8-17)34(29,30)16-13-21(28)27(15-6-14-26(2)3)24-25-22-19(31-4)11-12-20(32-5)23(22)33-24/h7-12H,6,13-16H2,1-5H3. The molecule has 0 N–H and O–H groups in total. The maximum atomic E-state index is 13.3. The van der Waals surface area contributed by atoms with Gasteiger partial charge >= 0.3 is 0 Å². The average Bonchev–Trinajstić information content (AvgIpc) is 3.25. The summed E-state index contributed by atoms with van der Waals surface area (Å²) in [7, 11) is 3.50. The van der Waals surface area contributed by atoms with Crippen molar-refractivity contribution in [3.05, 3.63) is 42.0 Å². The Morgan fingerprint density at radius 1 is 1.00 bits per heavy atom. The molecule has 3 aromatic rings. The molecule has 0 atom stereocenters. The van der Waals surface area contributed by atoms with E-state index in [9.17, 15) is 13.2 Å². The van der Waals surface area contributed by atoms with Gasteiger partial charge in [-0.05, 0) is 58.3 Å². The second kappa shape index (κ2) is 11.2. The smallest absolute Gasteiger partial charge is 0.229 e. The molecule has 184 valence electrons. The highest BCUT2D eigenvalue weighted by molar-refractivity contribution is 7.91. The lowest BCUT2D eigenvalue weighted by atomic mass is 10.2. The van der Waals surface area contributed by atoms with Crippen LogP contribution in [0.4, 0.5) is 5.13 Å². The quantitative estimate of drug-likeness (QED) is 0.392. The Morgan fingerprint density at radius 2 is 1.65 bits per heavy atom. The Hall–Kier alpha value is -2.69. The van der Waals surface area contributed by atoms with E-state index in [0.29, 0.717) is 35.1 Å². The first-order valence-electron chi connectivity index (χ1n) is 10.9. The van der Waals surface area contributed by atoms with E-state index in [1.807, 2.05) is 25.9 Å². The molecule has 0 aliphatic carbocycles. The number of amides is 1. The van der Waals surface area contributed by atoms with Crippen LogP contribution >= 0.6 is 11.3 Å². The van der Waals surface area contributed by atoms with E-state index >= 15 is 0 Å². The van der Waals surface area contributed by atoms with Crippen LogP contribution in [0.5, 0.6) is 11.5 Å². The fourth-order valence-corrected chi connectivity index (χ4v) is 5.83. The average molecular weight is 506 g/mol. The van der Waals surface area contributed by atoms with E-state index in [4.69, 9.17) is 9.47 Å². The van der Waals surface area contributed by atoms with Crippen LogP contribution in [-0.4, -0.2) is 71.4 Å². The van der Waals surface area contributed by atoms with Gasteiger partial charge in [0.25, 0.3) is 0 Å². The normalized spacial score (nSPS) is 11.7. The third kappa shape index (κ3) is 6.05. The minimum atomic E-state index is -3.58. The molecule has 0 aliphatic heterocycles. The van der Waals surface area contributed by atoms with Crippen molar-refractivity contribution in [3.63, 3.8) is 0 Å². The van der Waals surface area contributed by atoms with Crippen molar-refractivity contribution in [2.75, 3.05) is 52.1 Å². The SMILES string of the molecule is COc1ccc(OC)c2sc(N(CCCN(C)C)C(=O)CCS(=O)(=O)c3ccc(C)cc3)nc12. The number of aromatic nitrogens is 1. The summed E-state index contributed by atoms with van der Waals surface area (Å²) < 4.78 is 37.3. The molecule has 0 spiro atoms. The number of hydrogen-bond acceptors (Lipinski definition) is 8. The zero-order valence-corrected chi connectivity index (χ0v) is 21.8. The molecule has 2 aromatic carbocycles. The van der Waals surface area contributed by atoms with Crippen LogP contribution in [0.3, 0.4) is 0 Å². The van der Waals surface area contributed by atoms with Crippen molar-refractivity contribution in [1.29, 1.82) is 0 Å². The minimum Gasteiger partial charge on any atom is -0.495 e. The molecule has 0 unspecified atom stereocenters. The van der Waals surface area contributed by atoms with E-state index in [2.05, 4.69) is 4.98 Å². The van der Waals surface area contributed by atoms with Crippen molar-refractivity contribution in [2.24, 2.45) is 0 Å². The predicted molar refractivity (Wildman–Crippen MR) is 136 cm³/mol. The Morgan fingerprint density at radius 3 is 2.26 bits per heavy atom. The minimum absolute atomic E-state index is 0.137. The summed E-state index contributed by atoms with van der Waals surface area (Å²) in [5.41, 5.74) is 1.59. The highest BCUT2D eigenvalue weighted by Gasteiger charge is 2.24. The number of hydrogen-bond donors (Lipinski definition) is 0. The van der Waals surface area contributed by atoms with Crippen LogP contribution in [0.25, 0.3) is 10.2 Å². The Labute approximate surface area is 205 Å². The van der Waals surface area contributed by atoms with Gasteiger partial charge in [0, 0.05) is 13.0 Å². The molecule has 3 rings (SSSR count). The number of aryl methyl sites for hydroxylation is 1. The third-order valence-corrected chi connectivity index (χ3v) is 8.21. The van der Waals surface area contributed by atoms with Crippen LogP contribution in [-0.2, 0) is 14.6 Å². The molecule has 0 saturated carbocycles. The molecule has 1 heterocycles. The summed E-state index contributed by atoms with van der Waals surface area (Å²) in [5, 5.41) is 0.495. The van der Waals surface area contributed by atoms with Gasteiger partial charge in [0.1, 0.15) is 21.7 Å². The molecule has 0 saturated heterocycles. The summed E-state index contributed by atoms with van der Waals surface area (Å²) >= 11 is 1.33. The van der Waals surface area contributed by atoms with Crippen LogP contribution in [0.1, 0.15) is 18.4 Å². The number of benzene rings is 2. The Kier molecular flexibility index (Phi) is 8.51. The number of rotatable bonds is 11. The molecule has 0 radical (unpaired) electrons. The Bertz CT molecular complexity index is 1200. The molecule has 0 bridgehead atoms. The topological polar surface area (TPSA) is 89.0 Å². The third-order valence-electron chi connectivity index (χ3n) is 5.38. The van der Waals surface area contributed by atoms with E-state index < -0.39 is 9.84 Å². The van der Waals surface area contributed by atoms with Gasteiger partial charge in [-0.15, -0.1) is 0 Å². The number of nitrogens with zero attached hydrogens (tertiary/aromatic N) is 3. The van der Waals surface area contributed by atoms with Crippen molar-refractivity contribution in [1.82, 2.24) is 9.88 Å². The first kappa shape index (κ1) is 25.9. The van der Waals surface area contributed by atoms with Gasteiger partial charge in [-0.3, -0.25) is 9.69 Å². The second-order valence-corrected chi connectivity index (χ2v) is 11.3. The summed E-state index contributed by atoms with van der Waals surface area (Å²) in [6.45, 7) is 3.10. The fraction of sp³-hybridized carbons (Fsp3) is 0.417. The highest BCUT2D eigenvalue weighted by atomic mass is 32.2.